The third-order valence-electron chi connectivity index (χ3n) is 7.58. The van der Waals surface area contributed by atoms with E-state index < -0.39 is 0 Å². The summed E-state index contributed by atoms with van der Waals surface area (Å²) in [5, 5.41) is 11.3. The first-order chi connectivity index (χ1) is 14.5. The molecule has 2 fully saturated rings. The second kappa shape index (κ2) is 7.68. The SMILES string of the molecule is CC1CN2CCN(Cc3ccnc4ccccc34)CC2CC1(C)c1cccc(O)c1. The first-order valence-electron chi connectivity index (χ1n) is 11.1. The lowest BCUT2D eigenvalue weighted by Crippen LogP contribution is -2.60. The lowest BCUT2D eigenvalue weighted by molar-refractivity contribution is -0.00547. The molecule has 0 bridgehead atoms. The van der Waals surface area contributed by atoms with Crippen molar-refractivity contribution in [3.63, 3.8) is 0 Å². The molecular weight excluding hydrogens is 370 g/mol. The standard InChI is InChI=1S/C26H31N3O/c1-19-16-29-13-12-28(17-20-10-11-27-25-9-4-3-8-24(20)25)18-22(29)15-26(19,2)21-6-5-7-23(30)14-21/h3-11,14,19,22,30H,12-13,15-18H2,1-2H3. The molecule has 30 heavy (non-hydrogen) atoms. The first kappa shape index (κ1) is 19.5. The number of para-hydroxylation sites is 1. The summed E-state index contributed by atoms with van der Waals surface area (Å²) in [5.41, 5.74) is 3.81. The molecule has 3 unspecified atom stereocenters. The van der Waals surface area contributed by atoms with Crippen LogP contribution in [0.2, 0.25) is 0 Å². The summed E-state index contributed by atoms with van der Waals surface area (Å²) >= 11 is 0. The molecule has 4 nitrogen and oxygen atoms in total. The van der Waals surface area contributed by atoms with E-state index in [0.29, 0.717) is 17.7 Å². The number of hydrogen-bond donors (Lipinski definition) is 1. The van der Waals surface area contributed by atoms with Crippen LogP contribution < -0.4 is 0 Å². The summed E-state index contributed by atoms with van der Waals surface area (Å²) in [6.07, 6.45) is 3.07. The topological polar surface area (TPSA) is 39.6 Å². The van der Waals surface area contributed by atoms with Crippen LogP contribution in [-0.2, 0) is 12.0 Å². The summed E-state index contributed by atoms with van der Waals surface area (Å²) in [6.45, 7) is 10.2. The largest absolute Gasteiger partial charge is 0.508 e. The van der Waals surface area contributed by atoms with Crippen LogP contribution in [0.5, 0.6) is 5.75 Å². The Hall–Kier alpha value is -2.43. The van der Waals surface area contributed by atoms with E-state index in [2.05, 4.69) is 65.0 Å². The van der Waals surface area contributed by atoms with Crippen molar-refractivity contribution in [3.8, 4) is 5.75 Å². The average Bonchev–Trinajstić information content (AvgIpc) is 2.75. The average molecular weight is 402 g/mol. The number of rotatable bonds is 3. The Morgan fingerprint density at radius 1 is 1.07 bits per heavy atom. The van der Waals surface area contributed by atoms with Gasteiger partial charge in [-0.05, 0) is 53.1 Å². The van der Waals surface area contributed by atoms with Gasteiger partial charge in [0.05, 0.1) is 5.52 Å². The highest BCUT2D eigenvalue weighted by Crippen LogP contribution is 2.43. The van der Waals surface area contributed by atoms with Crippen molar-refractivity contribution in [2.24, 2.45) is 5.92 Å². The third-order valence-corrected chi connectivity index (χ3v) is 7.58. The van der Waals surface area contributed by atoms with Crippen LogP contribution in [-0.4, -0.2) is 52.1 Å². The molecule has 2 aromatic carbocycles. The molecule has 4 heteroatoms. The molecule has 2 saturated heterocycles. The summed E-state index contributed by atoms with van der Waals surface area (Å²) in [5.74, 6) is 0.935. The van der Waals surface area contributed by atoms with Crippen LogP contribution in [0.4, 0.5) is 0 Å². The van der Waals surface area contributed by atoms with Crippen molar-refractivity contribution >= 4 is 10.9 Å². The Balaban J connectivity index is 1.36. The highest BCUT2D eigenvalue weighted by Gasteiger charge is 2.44. The maximum Gasteiger partial charge on any atom is 0.115 e. The Morgan fingerprint density at radius 2 is 1.93 bits per heavy atom. The molecule has 0 amide bonds. The molecule has 3 atom stereocenters. The number of aromatic nitrogens is 1. The molecule has 3 heterocycles. The summed E-state index contributed by atoms with van der Waals surface area (Å²) in [6, 6.07) is 19.1. The number of nitrogens with zero attached hydrogens (tertiary/aromatic N) is 3. The smallest absolute Gasteiger partial charge is 0.115 e. The monoisotopic (exact) mass is 401 g/mol. The zero-order valence-corrected chi connectivity index (χ0v) is 18.0. The Bertz CT molecular complexity index is 1050. The van der Waals surface area contributed by atoms with E-state index >= 15 is 0 Å². The number of pyridine rings is 1. The molecule has 0 radical (unpaired) electrons. The summed E-state index contributed by atoms with van der Waals surface area (Å²) < 4.78 is 0. The van der Waals surface area contributed by atoms with E-state index in [1.807, 2.05) is 18.3 Å². The van der Waals surface area contributed by atoms with Crippen LogP contribution >= 0.6 is 0 Å². The van der Waals surface area contributed by atoms with Gasteiger partial charge in [0.25, 0.3) is 0 Å². The van der Waals surface area contributed by atoms with Gasteiger partial charge in [0.2, 0.25) is 0 Å². The van der Waals surface area contributed by atoms with Crippen LogP contribution in [0.15, 0.2) is 60.8 Å². The number of benzene rings is 2. The van der Waals surface area contributed by atoms with Gasteiger partial charge in [-0.15, -0.1) is 0 Å². The zero-order valence-electron chi connectivity index (χ0n) is 18.0. The van der Waals surface area contributed by atoms with Gasteiger partial charge in [0, 0.05) is 50.3 Å². The van der Waals surface area contributed by atoms with Crippen LogP contribution in [0.25, 0.3) is 10.9 Å². The molecule has 2 aliphatic rings. The number of piperazine rings is 1. The Kier molecular flexibility index (Phi) is 5.00. The Labute approximate surface area is 179 Å². The number of aromatic hydroxyl groups is 1. The van der Waals surface area contributed by atoms with Crippen molar-refractivity contribution in [2.75, 3.05) is 26.2 Å². The molecule has 3 aromatic rings. The lowest BCUT2D eigenvalue weighted by Gasteiger charge is -2.53. The van der Waals surface area contributed by atoms with E-state index in [1.54, 1.807) is 6.07 Å². The molecule has 0 saturated carbocycles. The van der Waals surface area contributed by atoms with E-state index in [-0.39, 0.29) is 5.41 Å². The molecule has 5 rings (SSSR count). The van der Waals surface area contributed by atoms with E-state index in [4.69, 9.17) is 0 Å². The van der Waals surface area contributed by atoms with Crippen LogP contribution in [0, 0.1) is 5.92 Å². The van der Waals surface area contributed by atoms with E-state index in [1.165, 1.54) is 16.5 Å². The predicted octanol–water partition coefficient (Wildman–Crippen LogP) is 4.42. The Morgan fingerprint density at radius 3 is 2.80 bits per heavy atom. The highest BCUT2D eigenvalue weighted by molar-refractivity contribution is 5.81. The summed E-state index contributed by atoms with van der Waals surface area (Å²) in [4.78, 5) is 9.83. The van der Waals surface area contributed by atoms with Crippen molar-refractivity contribution in [1.29, 1.82) is 0 Å². The third kappa shape index (κ3) is 3.48. The van der Waals surface area contributed by atoms with Crippen molar-refractivity contribution in [1.82, 2.24) is 14.8 Å². The minimum absolute atomic E-state index is 0.0896. The van der Waals surface area contributed by atoms with Gasteiger partial charge in [0.1, 0.15) is 5.75 Å². The molecule has 1 aromatic heterocycles. The summed E-state index contributed by atoms with van der Waals surface area (Å²) in [7, 11) is 0. The van der Waals surface area contributed by atoms with Gasteiger partial charge < -0.3 is 5.11 Å². The van der Waals surface area contributed by atoms with E-state index in [0.717, 1.165) is 44.7 Å². The molecule has 2 aliphatic heterocycles. The van der Waals surface area contributed by atoms with Crippen molar-refractivity contribution in [2.45, 2.75) is 38.3 Å². The van der Waals surface area contributed by atoms with Crippen molar-refractivity contribution < 1.29 is 5.11 Å². The number of hydrogen-bond acceptors (Lipinski definition) is 4. The maximum absolute atomic E-state index is 10.0. The highest BCUT2D eigenvalue weighted by atomic mass is 16.3. The van der Waals surface area contributed by atoms with Gasteiger partial charge in [-0.1, -0.05) is 44.2 Å². The minimum Gasteiger partial charge on any atom is -0.508 e. The molecule has 156 valence electrons. The number of phenolic OH excluding ortho intramolecular Hbond substituents is 1. The minimum atomic E-state index is 0.0896. The first-order valence-corrected chi connectivity index (χ1v) is 11.1. The zero-order chi connectivity index (χ0) is 20.7. The lowest BCUT2D eigenvalue weighted by atomic mass is 9.65. The fourth-order valence-corrected chi connectivity index (χ4v) is 5.58. The van der Waals surface area contributed by atoms with Gasteiger partial charge in [-0.25, -0.2) is 0 Å². The molecule has 1 N–H and O–H groups in total. The normalized spacial score (nSPS) is 27.8. The second-order valence-electron chi connectivity index (χ2n) is 9.44. The molecule has 0 spiro atoms. The van der Waals surface area contributed by atoms with Gasteiger partial charge >= 0.3 is 0 Å². The quantitative estimate of drug-likeness (QED) is 0.705. The molecular formula is C26H31N3O. The maximum atomic E-state index is 10.0. The number of fused-ring (bicyclic) bond motifs is 2. The van der Waals surface area contributed by atoms with Gasteiger partial charge in [-0.2, -0.15) is 0 Å². The molecule has 0 aliphatic carbocycles. The van der Waals surface area contributed by atoms with Crippen LogP contribution in [0.1, 0.15) is 31.4 Å². The van der Waals surface area contributed by atoms with Crippen LogP contribution in [0.3, 0.4) is 0 Å². The fraction of sp³-hybridized carbons (Fsp3) is 0.423. The second-order valence-corrected chi connectivity index (χ2v) is 9.44. The van der Waals surface area contributed by atoms with Gasteiger partial charge in [0.15, 0.2) is 0 Å². The number of phenols is 1. The van der Waals surface area contributed by atoms with E-state index in [9.17, 15) is 5.11 Å². The number of piperidine rings is 1. The van der Waals surface area contributed by atoms with Crippen molar-refractivity contribution in [3.05, 3.63) is 71.9 Å². The van der Waals surface area contributed by atoms with Gasteiger partial charge in [-0.3, -0.25) is 14.8 Å². The predicted molar refractivity (Wildman–Crippen MR) is 122 cm³/mol. The fourth-order valence-electron chi connectivity index (χ4n) is 5.58.